The van der Waals surface area contributed by atoms with E-state index in [1.807, 2.05) is 24.8 Å². The summed E-state index contributed by atoms with van der Waals surface area (Å²) in [5.74, 6) is 0. The first kappa shape index (κ1) is 18.7. The van der Waals surface area contributed by atoms with Gasteiger partial charge in [-0.15, -0.1) is 0 Å². The van der Waals surface area contributed by atoms with Crippen LogP contribution >= 0.6 is 0 Å². The van der Waals surface area contributed by atoms with Crippen molar-refractivity contribution in [3.63, 3.8) is 0 Å². The molecule has 4 heterocycles. The number of pyridine rings is 2. The molecule has 0 fully saturated rings. The molecule has 35 heavy (non-hydrogen) atoms. The van der Waals surface area contributed by atoms with Crippen LogP contribution in [0.2, 0.25) is 0 Å². The van der Waals surface area contributed by atoms with Crippen molar-refractivity contribution in [3.05, 3.63) is 121 Å². The zero-order chi connectivity index (χ0) is 22.9. The Kier molecular flexibility index (Phi) is 3.69. The van der Waals surface area contributed by atoms with Crippen LogP contribution in [-0.4, -0.2) is 18.8 Å². The van der Waals surface area contributed by atoms with Crippen LogP contribution in [0, 0.1) is 0 Å². The van der Waals surface area contributed by atoms with Crippen LogP contribution in [-0.2, 0) is 6.42 Å². The molecule has 8 aromatic rings. The first-order valence-corrected chi connectivity index (χ1v) is 11.9. The molecule has 0 aliphatic rings. The minimum atomic E-state index is 0.852. The molecule has 4 aromatic carbocycles. The number of hydrogen-bond donors (Lipinski definition) is 0. The van der Waals surface area contributed by atoms with Crippen LogP contribution in [0.1, 0.15) is 11.1 Å². The summed E-state index contributed by atoms with van der Waals surface area (Å²) in [6.45, 7) is 0. The van der Waals surface area contributed by atoms with Gasteiger partial charge in [0.1, 0.15) is 11.3 Å². The van der Waals surface area contributed by atoms with Gasteiger partial charge >= 0.3 is 0 Å². The molecule has 8 rings (SSSR count). The van der Waals surface area contributed by atoms with Crippen LogP contribution in [0.3, 0.4) is 0 Å². The highest BCUT2D eigenvalue weighted by molar-refractivity contribution is 6.13. The molecule has 0 spiro atoms. The van der Waals surface area contributed by atoms with Crippen molar-refractivity contribution >= 4 is 54.6 Å². The maximum Gasteiger partial charge on any atom is 0.145 e. The molecule has 0 bridgehead atoms. The molecule has 0 amide bonds. The van der Waals surface area contributed by atoms with E-state index < -0.39 is 0 Å². The predicted octanol–water partition coefficient (Wildman–Crippen LogP) is 7.19. The fourth-order valence-corrected chi connectivity index (χ4v) is 5.70. The Balaban J connectivity index is 1.31. The van der Waals surface area contributed by atoms with Crippen molar-refractivity contribution in [2.75, 3.05) is 0 Å². The van der Waals surface area contributed by atoms with Crippen LogP contribution in [0.25, 0.3) is 54.6 Å². The summed E-state index contributed by atoms with van der Waals surface area (Å²) < 4.78 is 4.38. The summed E-state index contributed by atoms with van der Waals surface area (Å²) in [7, 11) is 0. The Bertz CT molecular complexity index is 1940. The summed E-state index contributed by atoms with van der Waals surface area (Å²) in [5, 5.41) is 7.36. The van der Waals surface area contributed by atoms with Crippen molar-refractivity contribution in [1.82, 2.24) is 18.8 Å². The largest absolute Gasteiger partial charge is 0.299 e. The molecule has 0 atom stereocenters. The molecule has 0 saturated carbocycles. The minimum absolute atomic E-state index is 0.852. The van der Waals surface area contributed by atoms with Crippen LogP contribution in [0.15, 0.2) is 110 Å². The van der Waals surface area contributed by atoms with E-state index in [1.165, 1.54) is 54.5 Å². The molecule has 4 nitrogen and oxygen atoms in total. The molecule has 0 N–H and O–H groups in total. The monoisotopic (exact) mass is 448 g/mol. The Labute approximate surface area is 200 Å². The van der Waals surface area contributed by atoms with Gasteiger partial charge in [-0.25, -0.2) is 9.97 Å². The van der Waals surface area contributed by atoms with Crippen molar-refractivity contribution in [2.24, 2.45) is 0 Å². The van der Waals surface area contributed by atoms with Gasteiger partial charge < -0.3 is 0 Å². The number of hydrogen-bond acceptors (Lipinski definition) is 2. The van der Waals surface area contributed by atoms with E-state index in [0.717, 1.165) is 17.7 Å². The van der Waals surface area contributed by atoms with Gasteiger partial charge in [0.05, 0.1) is 11.0 Å². The maximum absolute atomic E-state index is 4.70. The highest BCUT2D eigenvalue weighted by atomic mass is 15.0. The third-order valence-electron chi connectivity index (χ3n) is 7.25. The first-order chi connectivity index (χ1) is 17.3. The van der Waals surface area contributed by atoms with E-state index in [9.17, 15) is 0 Å². The summed E-state index contributed by atoms with van der Waals surface area (Å²) in [5.41, 5.74) is 6.93. The SMILES string of the molecule is c1ccc2c(c1)c1ccc(Cc3ccc4c5ccccc5n5ccnc5c4c3)cc1c1nccn21. The quantitative estimate of drug-likeness (QED) is 0.262. The Morgan fingerprint density at radius 2 is 0.971 bits per heavy atom. The first-order valence-electron chi connectivity index (χ1n) is 11.9. The Hall–Kier alpha value is -4.70. The van der Waals surface area contributed by atoms with Gasteiger partial charge in [-0.3, -0.25) is 8.80 Å². The van der Waals surface area contributed by atoms with Gasteiger partial charge in [0.2, 0.25) is 0 Å². The molecular weight excluding hydrogens is 428 g/mol. The lowest BCUT2D eigenvalue weighted by Crippen LogP contribution is -1.94. The molecule has 0 aliphatic carbocycles. The number of fused-ring (bicyclic) bond motifs is 12. The number of imidazole rings is 2. The molecule has 164 valence electrons. The van der Waals surface area contributed by atoms with Crippen LogP contribution < -0.4 is 0 Å². The van der Waals surface area contributed by atoms with E-state index >= 15 is 0 Å². The number of nitrogens with zero attached hydrogens (tertiary/aromatic N) is 4. The number of rotatable bonds is 2. The molecule has 4 aromatic heterocycles. The molecule has 0 radical (unpaired) electrons. The zero-order valence-electron chi connectivity index (χ0n) is 18.9. The second-order valence-electron chi connectivity index (χ2n) is 9.21. The average molecular weight is 449 g/mol. The van der Waals surface area contributed by atoms with E-state index in [0.29, 0.717) is 0 Å². The van der Waals surface area contributed by atoms with Gasteiger partial charge in [0, 0.05) is 46.3 Å². The van der Waals surface area contributed by atoms with Gasteiger partial charge in [-0.1, -0.05) is 60.7 Å². The molecule has 0 unspecified atom stereocenters. The van der Waals surface area contributed by atoms with Crippen molar-refractivity contribution in [3.8, 4) is 0 Å². The predicted molar refractivity (Wildman–Crippen MR) is 143 cm³/mol. The fourth-order valence-electron chi connectivity index (χ4n) is 5.70. The third kappa shape index (κ3) is 2.62. The highest BCUT2D eigenvalue weighted by Gasteiger charge is 2.12. The number of aromatic nitrogens is 4. The summed E-state index contributed by atoms with van der Waals surface area (Å²) >= 11 is 0. The molecule has 0 saturated heterocycles. The second kappa shape index (κ2) is 6.90. The average Bonchev–Trinajstić information content (AvgIpc) is 3.60. The van der Waals surface area contributed by atoms with Crippen molar-refractivity contribution in [1.29, 1.82) is 0 Å². The van der Waals surface area contributed by atoms with Gasteiger partial charge in [-0.05, 0) is 52.6 Å². The van der Waals surface area contributed by atoms with E-state index in [4.69, 9.17) is 9.97 Å². The minimum Gasteiger partial charge on any atom is -0.299 e. The number of para-hydroxylation sites is 2. The lowest BCUT2D eigenvalue weighted by molar-refractivity contribution is 1.20. The lowest BCUT2D eigenvalue weighted by Gasteiger charge is -2.12. The van der Waals surface area contributed by atoms with Crippen LogP contribution in [0.4, 0.5) is 0 Å². The second-order valence-corrected chi connectivity index (χ2v) is 9.21. The standard InChI is InChI=1S/C31H20N4/c1-3-7-28-24(5-1)22-11-9-20(18-26(22)30-32-13-15-34(28)30)17-21-10-12-23-25-6-2-4-8-29(25)35-16-14-33-31(35)27(23)19-21/h1-16,18-19H,17H2. The van der Waals surface area contributed by atoms with Gasteiger partial charge in [0.25, 0.3) is 0 Å². The topological polar surface area (TPSA) is 34.6 Å². The van der Waals surface area contributed by atoms with E-state index in [1.54, 1.807) is 0 Å². The van der Waals surface area contributed by atoms with Crippen molar-refractivity contribution < 1.29 is 0 Å². The highest BCUT2D eigenvalue weighted by Crippen LogP contribution is 2.32. The zero-order valence-corrected chi connectivity index (χ0v) is 18.9. The van der Waals surface area contributed by atoms with E-state index in [2.05, 4.69) is 93.7 Å². The smallest absolute Gasteiger partial charge is 0.145 e. The van der Waals surface area contributed by atoms with Crippen LogP contribution in [0.5, 0.6) is 0 Å². The Morgan fingerprint density at radius 1 is 0.486 bits per heavy atom. The molecular formula is C31H20N4. The maximum atomic E-state index is 4.70. The molecule has 0 aliphatic heterocycles. The Morgan fingerprint density at radius 3 is 1.49 bits per heavy atom. The molecule has 4 heteroatoms. The van der Waals surface area contributed by atoms with Gasteiger partial charge in [0.15, 0.2) is 0 Å². The van der Waals surface area contributed by atoms with E-state index in [-0.39, 0.29) is 0 Å². The lowest BCUT2D eigenvalue weighted by atomic mass is 9.97. The summed E-state index contributed by atoms with van der Waals surface area (Å²) in [6, 6.07) is 30.7. The van der Waals surface area contributed by atoms with Crippen molar-refractivity contribution in [2.45, 2.75) is 6.42 Å². The summed E-state index contributed by atoms with van der Waals surface area (Å²) in [6.07, 6.45) is 8.72. The normalized spacial score (nSPS) is 12.1. The third-order valence-corrected chi connectivity index (χ3v) is 7.25. The number of benzene rings is 4. The summed E-state index contributed by atoms with van der Waals surface area (Å²) in [4.78, 5) is 9.39. The fraction of sp³-hybridized carbons (Fsp3) is 0.0323. The van der Waals surface area contributed by atoms with Gasteiger partial charge in [-0.2, -0.15) is 0 Å².